The summed E-state index contributed by atoms with van der Waals surface area (Å²) >= 11 is 0. The van der Waals surface area contributed by atoms with E-state index in [4.69, 9.17) is 9.47 Å². The second kappa shape index (κ2) is 4.24. The van der Waals surface area contributed by atoms with Gasteiger partial charge in [0.2, 0.25) is 0 Å². The van der Waals surface area contributed by atoms with E-state index in [1.165, 1.54) is 32.1 Å². The molecule has 2 rings (SSSR count). The van der Waals surface area contributed by atoms with Gasteiger partial charge in [0, 0.05) is 19.8 Å². The zero-order valence-corrected chi connectivity index (χ0v) is 7.63. The van der Waals surface area contributed by atoms with Crippen molar-refractivity contribution in [2.45, 2.75) is 38.2 Å². The maximum Gasteiger partial charge on any atom is 0.0578 e. The molecule has 0 amide bonds. The zero-order valence-electron chi connectivity index (χ0n) is 7.63. The minimum absolute atomic E-state index is 0.552. The molecule has 12 heavy (non-hydrogen) atoms. The van der Waals surface area contributed by atoms with Crippen LogP contribution in [0.1, 0.15) is 32.1 Å². The van der Waals surface area contributed by atoms with E-state index >= 15 is 0 Å². The molecule has 0 aromatic carbocycles. The van der Waals surface area contributed by atoms with Crippen LogP contribution in [-0.4, -0.2) is 25.9 Å². The van der Waals surface area contributed by atoms with Crippen LogP contribution in [0.25, 0.3) is 0 Å². The van der Waals surface area contributed by atoms with Crippen molar-refractivity contribution in [1.29, 1.82) is 0 Å². The van der Waals surface area contributed by atoms with Crippen LogP contribution in [0.3, 0.4) is 0 Å². The normalized spacial score (nSPS) is 38.0. The van der Waals surface area contributed by atoms with E-state index < -0.39 is 0 Å². The summed E-state index contributed by atoms with van der Waals surface area (Å²) in [4.78, 5) is 0. The van der Waals surface area contributed by atoms with E-state index in [2.05, 4.69) is 0 Å². The van der Waals surface area contributed by atoms with Crippen LogP contribution >= 0.6 is 0 Å². The van der Waals surface area contributed by atoms with Crippen molar-refractivity contribution >= 4 is 0 Å². The quantitative estimate of drug-likeness (QED) is 0.553. The van der Waals surface area contributed by atoms with Crippen molar-refractivity contribution in [3.05, 3.63) is 0 Å². The number of hydrogen-bond acceptors (Lipinski definition) is 2. The molecule has 2 aliphatic rings. The molecule has 2 atom stereocenters. The van der Waals surface area contributed by atoms with Gasteiger partial charge in [-0.3, -0.25) is 0 Å². The molecule has 0 radical (unpaired) electrons. The fourth-order valence-electron chi connectivity index (χ4n) is 2.14. The molecule has 0 aromatic heterocycles. The highest BCUT2D eigenvalue weighted by Gasteiger charge is 2.25. The van der Waals surface area contributed by atoms with Gasteiger partial charge in [-0.15, -0.1) is 0 Å². The summed E-state index contributed by atoms with van der Waals surface area (Å²) in [6.45, 7) is 2.85. The third-order valence-corrected chi connectivity index (χ3v) is 2.88. The summed E-state index contributed by atoms with van der Waals surface area (Å²) in [5.41, 5.74) is 0. The molecule has 1 saturated heterocycles. The minimum atomic E-state index is 0.552. The summed E-state index contributed by atoms with van der Waals surface area (Å²) in [6, 6.07) is 0. The zero-order chi connectivity index (χ0) is 8.23. The molecule has 1 heterocycles. The van der Waals surface area contributed by atoms with E-state index in [9.17, 15) is 0 Å². The van der Waals surface area contributed by atoms with Crippen LogP contribution in [-0.2, 0) is 9.47 Å². The predicted octanol–water partition coefficient (Wildman–Crippen LogP) is 1.98. The van der Waals surface area contributed by atoms with Crippen molar-refractivity contribution in [1.82, 2.24) is 0 Å². The summed E-state index contributed by atoms with van der Waals surface area (Å²) < 4.78 is 11.3. The topological polar surface area (TPSA) is 18.5 Å². The van der Waals surface area contributed by atoms with Gasteiger partial charge in [0.15, 0.2) is 0 Å². The van der Waals surface area contributed by atoms with Gasteiger partial charge >= 0.3 is 0 Å². The molecule has 0 aromatic rings. The highest BCUT2D eigenvalue weighted by Crippen LogP contribution is 2.28. The summed E-state index contributed by atoms with van der Waals surface area (Å²) in [7, 11) is 0. The van der Waals surface area contributed by atoms with Crippen molar-refractivity contribution in [3.63, 3.8) is 0 Å². The van der Waals surface area contributed by atoms with Crippen molar-refractivity contribution in [2.75, 3.05) is 19.8 Å². The lowest BCUT2D eigenvalue weighted by Gasteiger charge is -2.15. The van der Waals surface area contributed by atoms with Gasteiger partial charge < -0.3 is 9.47 Å². The molecule has 2 fully saturated rings. The molecule has 2 nitrogen and oxygen atoms in total. The van der Waals surface area contributed by atoms with Crippen LogP contribution in [0.4, 0.5) is 0 Å². The third-order valence-electron chi connectivity index (χ3n) is 2.88. The van der Waals surface area contributed by atoms with Crippen molar-refractivity contribution < 1.29 is 9.47 Å². The van der Waals surface area contributed by atoms with Gasteiger partial charge in [-0.25, -0.2) is 0 Å². The van der Waals surface area contributed by atoms with E-state index in [1.807, 2.05) is 0 Å². The van der Waals surface area contributed by atoms with Crippen LogP contribution in [0.15, 0.2) is 0 Å². The molecule has 70 valence electrons. The van der Waals surface area contributed by atoms with Gasteiger partial charge in [0.05, 0.1) is 6.10 Å². The van der Waals surface area contributed by atoms with Gasteiger partial charge in [0.1, 0.15) is 0 Å². The lowest BCUT2D eigenvalue weighted by molar-refractivity contribution is 0.0276. The first kappa shape index (κ1) is 8.52. The molecule has 1 saturated carbocycles. The Bertz CT molecular complexity index is 122. The Morgan fingerprint density at radius 2 is 1.92 bits per heavy atom. The second-order valence-electron chi connectivity index (χ2n) is 3.95. The van der Waals surface area contributed by atoms with Crippen LogP contribution in [0.2, 0.25) is 0 Å². The Morgan fingerprint density at radius 1 is 1.00 bits per heavy atom. The summed E-state index contributed by atoms with van der Waals surface area (Å²) in [6.07, 6.45) is 6.69. The fraction of sp³-hybridized carbons (Fsp3) is 1.00. The third kappa shape index (κ3) is 2.20. The van der Waals surface area contributed by atoms with E-state index in [-0.39, 0.29) is 0 Å². The van der Waals surface area contributed by atoms with Gasteiger partial charge in [-0.2, -0.15) is 0 Å². The molecular formula is C10H18O2. The minimum Gasteiger partial charge on any atom is -0.381 e. The second-order valence-corrected chi connectivity index (χ2v) is 3.95. The maximum absolute atomic E-state index is 5.75. The molecule has 1 aliphatic carbocycles. The lowest BCUT2D eigenvalue weighted by Crippen LogP contribution is -2.14. The van der Waals surface area contributed by atoms with Crippen LogP contribution < -0.4 is 0 Å². The summed E-state index contributed by atoms with van der Waals surface area (Å²) in [5, 5.41) is 0. The number of ether oxygens (including phenoxy) is 2. The SMILES string of the molecule is C1CCO[C@H]2CC[C@H](COC1)C2. The number of fused-ring (bicyclic) bond motifs is 2. The molecule has 0 spiro atoms. The molecule has 2 bridgehead atoms. The van der Waals surface area contributed by atoms with Gasteiger partial charge in [-0.1, -0.05) is 0 Å². The highest BCUT2D eigenvalue weighted by atomic mass is 16.5. The first-order valence-electron chi connectivity index (χ1n) is 5.14. The van der Waals surface area contributed by atoms with Gasteiger partial charge in [-0.05, 0) is 38.0 Å². The first-order valence-corrected chi connectivity index (χ1v) is 5.14. The Kier molecular flexibility index (Phi) is 3.01. The standard InChI is InChI=1S/C10H18O2/c1-2-6-12-10-4-3-9(7-10)8-11-5-1/h9-10H,1-8H2/t9-,10-/m0/s1. The smallest absolute Gasteiger partial charge is 0.0578 e. The Morgan fingerprint density at radius 3 is 2.92 bits per heavy atom. The average Bonchev–Trinajstić information content (AvgIpc) is 2.51. The summed E-state index contributed by atoms with van der Waals surface area (Å²) in [5.74, 6) is 0.785. The number of hydrogen-bond donors (Lipinski definition) is 0. The van der Waals surface area contributed by atoms with E-state index in [0.29, 0.717) is 6.10 Å². The van der Waals surface area contributed by atoms with Crippen molar-refractivity contribution in [2.24, 2.45) is 5.92 Å². The predicted molar refractivity (Wildman–Crippen MR) is 47.1 cm³/mol. The van der Waals surface area contributed by atoms with E-state index in [0.717, 1.165) is 25.7 Å². The molecule has 0 unspecified atom stereocenters. The highest BCUT2D eigenvalue weighted by molar-refractivity contribution is 4.76. The van der Waals surface area contributed by atoms with Crippen molar-refractivity contribution in [3.8, 4) is 0 Å². The molecule has 1 aliphatic heterocycles. The number of rotatable bonds is 0. The van der Waals surface area contributed by atoms with Crippen LogP contribution in [0.5, 0.6) is 0 Å². The van der Waals surface area contributed by atoms with Crippen LogP contribution in [0, 0.1) is 5.92 Å². The Labute approximate surface area is 74.2 Å². The Balaban J connectivity index is 1.82. The molecular weight excluding hydrogens is 152 g/mol. The maximum atomic E-state index is 5.75. The monoisotopic (exact) mass is 170 g/mol. The first-order chi connectivity index (χ1) is 5.95. The molecule has 0 N–H and O–H groups in total. The average molecular weight is 170 g/mol. The fourth-order valence-corrected chi connectivity index (χ4v) is 2.14. The largest absolute Gasteiger partial charge is 0.381 e. The Hall–Kier alpha value is -0.0800. The van der Waals surface area contributed by atoms with E-state index in [1.54, 1.807) is 0 Å². The molecule has 2 heteroatoms. The lowest BCUT2D eigenvalue weighted by atomic mass is 10.1. The van der Waals surface area contributed by atoms with Gasteiger partial charge in [0.25, 0.3) is 0 Å².